The molecule has 9 heteroatoms. The second kappa shape index (κ2) is 11.8. The van der Waals surface area contributed by atoms with Gasteiger partial charge in [0, 0.05) is 31.0 Å². The molecule has 6 nitrogen and oxygen atoms in total. The number of pyridine rings is 1. The zero-order valence-corrected chi connectivity index (χ0v) is 15.5. The molecule has 0 unspecified atom stereocenters. The standard InChI is InChI=1S/C15H18N4O2S.2ClH/c1-2-16-8-9-18-15(21)13-12(5-10-22-13)19-14(20)11-3-6-17-7-4-11;;/h3-7,10,16H,2,8-9H2,1H3,(H,18,21)(H,19,20);2*1H. The van der Waals surface area contributed by atoms with Gasteiger partial charge in [0.05, 0.1) is 5.69 Å². The predicted molar refractivity (Wildman–Crippen MR) is 102 cm³/mol. The molecule has 2 aromatic heterocycles. The van der Waals surface area contributed by atoms with E-state index in [0.29, 0.717) is 29.2 Å². The van der Waals surface area contributed by atoms with E-state index in [2.05, 4.69) is 20.9 Å². The maximum absolute atomic E-state index is 12.1. The van der Waals surface area contributed by atoms with Gasteiger partial charge in [0.15, 0.2) is 0 Å². The number of likely N-dealkylation sites (N-methyl/N-ethyl adjacent to an activating group) is 1. The summed E-state index contributed by atoms with van der Waals surface area (Å²) in [7, 11) is 0. The van der Waals surface area contributed by atoms with E-state index in [-0.39, 0.29) is 36.6 Å². The van der Waals surface area contributed by atoms with E-state index < -0.39 is 0 Å². The van der Waals surface area contributed by atoms with Crippen LogP contribution in [0.15, 0.2) is 36.0 Å². The minimum atomic E-state index is -0.262. The van der Waals surface area contributed by atoms with Crippen molar-refractivity contribution in [3.63, 3.8) is 0 Å². The topological polar surface area (TPSA) is 83.1 Å². The highest BCUT2D eigenvalue weighted by molar-refractivity contribution is 7.12. The van der Waals surface area contributed by atoms with Crippen LogP contribution in [-0.2, 0) is 0 Å². The largest absolute Gasteiger partial charge is 0.350 e. The van der Waals surface area contributed by atoms with Crippen molar-refractivity contribution in [3.8, 4) is 0 Å². The number of halogens is 2. The molecule has 132 valence electrons. The van der Waals surface area contributed by atoms with Crippen molar-refractivity contribution in [1.82, 2.24) is 15.6 Å². The van der Waals surface area contributed by atoms with Crippen LogP contribution in [0.2, 0.25) is 0 Å². The van der Waals surface area contributed by atoms with E-state index in [1.807, 2.05) is 6.92 Å². The number of nitrogens with one attached hydrogen (secondary N) is 3. The fourth-order valence-corrected chi connectivity index (χ4v) is 2.57. The molecule has 0 radical (unpaired) electrons. The van der Waals surface area contributed by atoms with Gasteiger partial charge in [0.25, 0.3) is 11.8 Å². The third-order valence-electron chi connectivity index (χ3n) is 2.90. The van der Waals surface area contributed by atoms with Gasteiger partial charge < -0.3 is 16.0 Å². The van der Waals surface area contributed by atoms with Crippen LogP contribution < -0.4 is 16.0 Å². The van der Waals surface area contributed by atoms with E-state index in [1.165, 1.54) is 11.3 Å². The summed E-state index contributed by atoms with van der Waals surface area (Å²) in [6, 6.07) is 4.97. The van der Waals surface area contributed by atoms with Crippen LogP contribution in [0.1, 0.15) is 27.0 Å². The highest BCUT2D eigenvalue weighted by Crippen LogP contribution is 2.22. The van der Waals surface area contributed by atoms with Crippen LogP contribution in [0.3, 0.4) is 0 Å². The van der Waals surface area contributed by atoms with Crippen LogP contribution in [0.25, 0.3) is 0 Å². The fourth-order valence-electron chi connectivity index (χ4n) is 1.80. The summed E-state index contributed by atoms with van der Waals surface area (Å²) in [5.74, 6) is -0.444. The smallest absolute Gasteiger partial charge is 0.263 e. The summed E-state index contributed by atoms with van der Waals surface area (Å²) < 4.78 is 0. The molecule has 0 aliphatic rings. The Morgan fingerprint density at radius 3 is 2.46 bits per heavy atom. The Hall–Kier alpha value is -1.67. The minimum absolute atomic E-state index is 0. The molecule has 0 saturated heterocycles. The van der Waals surface area contributed by atoms with Crippen LogP contribution >= 0.6 is 36.2 Å². The summed E-state index contributed by atoms with van der Waals surface area (Å²) >= 11 is 1.30. The molecular formula is C15H20Cl2N4O2S. The number of amides is 2. The van der Waals surface area contributed by atoms with Crippen molar-refractivity contribution >= 4 is 53.7 Å². The van der Waals surface area contributed by atoms with Gasteiger partial charge in [-0.2, -0.15) is 0 Å². The Bertz CT molecular complexity index is 637. The van der Waals surface area contributed by atoms with E-state index in [4.69, 9.17) is 0 Å². The predicted octanol–water partition coefficient (Wildman–Crippen LogP) is 2.58. The zero-order valence-electron chi connectivity index (χ0n) is 13.1. The van der Waals surface area contributed by atoms with Crippen LogP contribution in [0, 0.1) is 0 Å². The van der Waals surface area contributed by atoms with Crippen molar-refractivity contribution in [2.75, 3.05) is 25.0 Å². The third-order valence-corrected chi connectivity index (χ3v) is 3.81. The van der Waals surface area contributed by atoms with Crippen LogP contribution in [-0.4, -0.2) is 36.4 Å². The lowest BCUT2D eigenvalue weighted by Crippen LogP contribution is -2.31. The molecule has 0 aromatic carbocycles. The molecule has 0 fully saturated rings. The second-order valence-electron chi connectivity index (χ2n) is 4.46. The molecule has 2 amide bonds. The molecular weight excluding hydrogens is 371 g/mol. The maximum Gasteiger partial charge on any atom is 0.263 e. The summed E-state index contributed by atoms with van der Waals surface area (Å²) in [6.07, 6.45) is 3.10. The second-order valence-corrected chi connectivity index (χ2v) is 5.38. The number of hydrogen-bond donors (Lipinski definition) is 3. The van der Waals surface area contributed by atoms with Crippen LogP contribution in [0.4, 0.5) is 5.69 Å². The Kier molecular flexibility index (Phi) is 11.0. The molecule has 3 N–H and O–H groups in total. The van der Waals surface area contributed by atoms with E-state index in [9.17, 15) is 9.59 Å². The number of nitrogens with zero attached hydrogens (tertiary/aromatic N) is 1. The fraction of sp³-hybridized carbons (Fsp3) is 0.267. The Morgan fingerprint density at radius 2 is 1.79 bits per heavy atom. The van der Waals surface area contributed by atoms with E-state index in [0.717, 1.165) is 6.54 Å². The summed E-state index contributed by atoms with van der Waals surface area (Å²) in [4.78, 5) is 28.6. The van der Waals surface area contributed by atoms with Gasteiger partial charge in [-0.05, 0) is 30.1 Å². The number of rotatable bonds is 7. The van der Waals surface area contributed by atoms with Gasteiger partial charge in [-0.3, -0.25) is 14.6 Å². The van der Waals surface area contributed by atoms with Gasteiger partial charge in [-0.15, -0.1) is 36.2 Å². The number of carbonyl (C=O) groups excluding carboxylic acids is 2. The monoisotopic (exact) mass is 390 g/mol. The molecule has 2 aromatic rings. The first-order valence-corrected chi connectivity index (χ1v) is 7.88. The first-order chi connectivity index (χ1) is 10.7. The van der Waals surface area contributed by atoms with Crippen molar-refractivity contribution in [3.05, 3.63) is 46.4 Å². The molecule has 0 spiro atoms. The van der Waals surface area contributed by atoms with Gasteiger partial charge in [-0.1, -0.05) is 6.92 Å². The lowest BCUT2D eigenvalue weighted by atomic mass is 10.2. The molecule has 2 rings (SSSR count). The summed E-state index contributed by atoms with van der Waals surface area (Å²) in [5.41, 5.74) is 1.02. The van der Waals surface area contributed by atoms with E-state index >= 15 is 0 Å². The molecule has 0 bridgehead atoms. The van der Waals surface area contributed by atoms with Gasteiger partial charge in [0.2, 0.25) is 0 Å². The average molecular weight is 391 g/mol. The minimum Gasteiger partial charge on any atom is -0.350 e. The third kappa shape index (κ3) is 6.45. The number of carbonyl (C=O) groups is 2. The molecule has 0 saturated carbocycles. The molecule has 0 aliphatic heterocycles. The lowest BCUT2D eigenvalue weighted by molar-refractivity contribution is 0.0959. The van der Waals surface area contributed by atoms with Crippen molar-refractivity contribution in [2.24, 2.45) is 0 Å². The molecule has 24 heavy (non-hydrogen) atoms. The van der Waals surface area contributed by atoms with Gasteiger partial charge in [-0.25, -0.2) is 0 Å². The van der Waals surface area contributed by atoms with Crippen molar-refractivity contribution in [2.45, 2.75) is 6.92 Å². The number of anilines is 1. The van der Waals surface area contributed by atoms with Crippen LogP contribution in [0.5, 0.6) is 0 Å². The van der Waals surface area contributed by atoms with Crippen molar-refractivity contribution in [1.29, 1.82) is 0 Å². The first-order valence-electron chi connectivity index (χ1n) is 7.00. The maximum atomic E-state index is 12.1. The highest BCUT2D eigenvalue weighted by Gasteiger charge is 2.15. The zero-order chi connectivity index (χ0) is 15.8. The Morgan fingerprint density at radius 1 is 1.08 bits per heavy atom. The molecule has 2 heterocycles. The van der Waals surface area contributed by atoms with E-state index in [1.54, 1.807) is 36.0 Å². The summed E-state index contributed by atoms with van der Waals surface area (Å²) in [5, 5.41) is 10.5. The Labute approximate surface area is 157 Å². The quantitative estimate of drug-likeness (QED) is 0.634. The molecule has 0 atom stereocenters. The first kappa shape index (κ1) is 22.3. The normalized spacial score (nSPS) is 9.38. The highest BCUT2D eigenvalue weighted by atomic mass is 35.5. The summed E-state index contributed by atoms with van der Waals surface area (Å²) in [6.45, 7) is 4.13. The van der Waals surface area contributed by atoms with Gasteiger partial charge >= 0.3 is 0 Å². The number of hydrogen-bond acceptors (Lipinski definition) is 5. The SMILES string of the molecule is CCNCCNC(=O)c1sccc1NC(=O)c1ccncc1.Cl.Cl. The van der Waals surface area contributed by atoms with Gasteiger partial charge in [0.1, 0.15) is 4.88 Å². The number of thiophene rings is 1. The number of aromatic nitrogens is 1. The van der Waals surface area contributed by atoms with Crippen molar-refractivity contribution < 1.29 is 9.59 Å². The Balaban J connectivity index is 0.00000264. The lowest BCUT2D eigenvalue weighted by Gasteiger charge is -2.08. The molecule has 0 aliphatic carbocycles. The average Bonchev–Trinajstić information content (AvgIpc) is 3.00.